The summed E-state index contributed by atoms with van der Waals surface area (Å²) >= 11 is 1.66. The van der Waals surface area contributed by atoms with Gasteiger partial charge in [-0.15, -0.1) is 0 Å². The minimum Gasteiger partial charge on any atom is -0.493 e. The Kier molecular flexibility index (Phi) is 7.51. The Labute approximate surface area is 218 Å². The van der Waals surface area contributed by atoms with Gasteiger partial charge in [-0.1, -0.05) is 43.7 Å². The van der Waals surface area contributed by atoms with Crippen molar-refractivity contribution in [3.8, 4) is 11.5 Å². The van der Waals surface area contributed by atoms with Crippen LogP contribution in [0.15, 0.2) is 46.5 Å². The summed E-state index contributed by atoms with van der Waals surface area (Å²) in [6.07, 6.45) is 6.64. The van der Waals surface area contributed by atoms with Gasteiger partial charge in [-0.3, -0.25) is 0 Å². The quantitative estimate of drug-likeness (QED) is 0.339. The predicted octanol–water partition coefficient (Wildman–Crippen LogP) is 5.88. The first-order chi connectivity index (χ1) is 17.4. The Hall–Kier alpha value is -2.23. The molecule has 0 N–H and O–H groups in total. The maximum Gasteiger partial charge on any atom is 0.243 e. The average Bonchev–Trinajstić information content (AvgIpc) is 3.54. The lowest BCUT2D eigenvalue weighted by Crippen LogP contribution is -2.39. The van der Waals surface area contributed by atoms with Crippen LogP contribution >= 0.6 is 11.8 Å². The highest BCUT2D eigenvalue weighted by Gasteiger charge is 2.30. The van der Waals surface area contributed by atoms with Crippen LogP contribution in [0.1, 0.15) is 57.1 Å². The van der Waals surface area contributed by atoms with E-state index in [0.717, 1.165) is 53.2 Å². The number of para-hydroxylation sites is 1. The molecule has 2 fully saturated rings. The van der Waals surface area contributed by atoms with E-state index in [-0.39, 0.29) is 0 Å². The summed E-state index contributed by atoms with van der Waals surface area (Å²) in [5.74, 6) is 2.50. The van der Waals surface area contributed by atoms with Gasteiger partial charge in [0.1, 0.15) is 0 Å². The van der Waals surface area contributed by atoms with E-state index in [9.17, 15) is 8.42 Å². The minimum absolute atomic E-state index is 0.339. The number of methoxy groups -OCH3 is 2. The fourth-order valence-corrected chi connectivity index (χ4v) is 8.24. The lowest BCUT2D eigenvalue weighted by atomic mass is 10.0. The summed E-state index contributed by atoms with van der Waals surface area (Å²) in [6.45, 7) is 3.29. The molecule has 2 heterocycles. The van der Waals surface area contributed by atoms with Crippen LogP contribution in [0.3, 0.4) is 0 Å². The highest BCUT2D eigenvalue weighted by atomic mass is 32.2. The number of thioether (sulfide) groups is 1. The van der Waals surface area contributed by atoms with Crippen molar-refractivity contribution in [1.29, 1.82) is 0 Å². The Morgan fingerprint density at radius 3 is 2.58 bits per heavy atom. The zero-order valence-electron chi connectivity index (χ0n) is 21.3. The predicted molar refractivity (Wildman–Crippen MR) is 144 cm³/mol. The van der Waals surface area contributed by atoms with Gasteiger partial charge in [-0.25, -0.2) is 13.4 Å². The number of sulfonamides is 1. The van der Waals surface area contributed by atoms with E-state index in [2.05, 4.69) is 11.5 Å². The number of benzene rings is 2. The van der Waals surface area contributed by atoms with Crippen molar-refractivity contribution < 1.29 is 17.9 Å². The van der Waals surface area contributed by atoms with Crippen LogP contribution in [-0.4, -0.2) is 49.6 Å². The number of nitrogens with zero attached hydrogens (tertiary/aromatic N) is 3. The summed E-state index contributed by atoms with van der Waals surface area (Å²) in [5.41, 5.74) is 2.79. The standard InChI is InChI=1S/C27H35N3O4S2/c1-19-8-7-15-29(17-19)36(31,32)22-13-14-24-23(16-22)28-27(30(24)21-10-4-5-11-21)35-18-20-9-6-12-25(33-2)26(20)34-3/h6,9,12-14,16,19,21H,4-5,7-8,10-11,15,17-18H2,1-3H3/t19-/m0/s1. The number of imidazole rings is 1. The summed E-state index contributed by atoms with van der Waals surface area (Å²) in [4.78, 5) is 5.31. The van der Waals surface area contributed by atoms with Crippen molar-refractivity contribution in [2.45, 2.75) is 67.3 Å². The van der Waals surface area contributed by atoms with Crippen molar-refractivity contribution in [3.05, 3.63) is 42.0 Å². The fraction of sp³-hybridized carbons (Fsp3) is 0.519. The summed E-state index contributed by atoms with van der Waals surface area (Å²) in [5, 5.41) is 0.919. The number of hydrogen-bond donors (Lipinski definition) is 0. The van der Waals surface area contributed by atoms with Crippen LogP contribution in [0.5, 0.6) is 11.5 Å². The van der Waals surface area contributed by atoms with Crippen LogP contribution in [0.2, 0.25) is 0 Å². The van der Waals surface area contributed by atoms with Crippen LogP contribution < -0.4 is 9.47 Å². The molecule has 1 aromatic heterocycles. The first kappa shape index (κ1) is 25.4. The number of hydrogen-bond acceptors (Lipinski definition) is 6. The SMILES string of the molecule is COc1cccc(CSc2nc3cc(S(=O)(=O)N4CCC[C@H](C)C4)ccc3n2C2CCCC2)c1OC. The average molecular weight is 530 g/mol. The molecule has 1 aliphatic heterocycles. The summed E-state index contributed by atoms with van der Waals surface area (Å²) in [6, 6.07) is 11.8. The minimum atomic E-state index is -3.53. The van der Waals surface area contributed by atoms with Gasteiger partial charge in [-0.05, 0) is 55.9 Å². The van der Waals surface area contributed by atoms with Gasteiger partial charge in [0.25, 0.3) is 0 Å². The number of piperidine rings is 1. The first-order valence-corrected chi connectivity index (χ1v) is 15.2. The van der Waals surface area contributed by atoms with Gasteiger partial charge in [-0.2, -0.15) is 4.31 Å². The van der Waals surface area contributed by atoms with Crippen LogP contribution in [-0.2, 0) is 15.8 Å². The Morgan fingerprint density at radius 2 is 1.86 bits per heavy atom. The van der Waals surface area contributed by atoms with Crippen molar-refractivity contribution in [3.63, 3.8) is 0 Å². The maximum absolute atomic E-state index is 13.4. The zero-order chi connectivity index (χ0) is 25.3. The van der Waals surface area contributed by atoms with E-state index in [1.54, 1.807) is 42.4 Å². The molecule has 0 radical (unpaired) electrons. The highest BCUT2D eigenvalue weighted by Crippen LogP contribution is 2.40. The molecule has 1 saturated carbocycles. The van der Waals surface area contributed by atoms with Crippen LogP contribution in [0.4, 0.5) is 0 Å². The lowest BCUT2D eigenvalue weighted by molar-refractivity contribution is 0.281. The second kappa shape index (κ2) is 10.6. The molecule has 0 bridgehead atoms. The topological polar surface area (TPSA) is 73.7 Å². The van der Waals surface area contributed by atoms with Crippen molar-refractivity contribution in [2.24, 2.45) is 5.92 Å². The molecule has 0 unspecified atom stereocenters. The summed E-state index contributed by atoms with van der Waals surface area (Å²) in [7, 11) is -0.233. The molecule has 0 amide bonds. The van der Waals surface area contributed by atoms with E-state index in [0.29, 0.717) is 41.4 Å². The summed E-state index contributed by atoms with van der Waals surface area (Å²) < 4.78 is 41.9. The smallest absolute Gasteiger partial charge is 0.243 e. The van der Waals surface area contributed by atoms with Gasteiger partial charge in [0.05, 0.1) is 30.1 Å². The van der Waals surface area contributed by atoms with Gasteiger partial charge in [0.2, 0.25) is 10.0 Å². The monoisotopic (exact) mass is 529 g/mol. The molecule has 194 valence electrons. The molecule has 1 aliphatic carbocycles. The highest BCUT2D eigenvalue weighted by molar-refractivity contribution is 7.98. The number of aromatic nitrogens is 2. The van der Waals surface area contributed by atoms with E-state index >= 15 is 0 Å². The van der Waals surface area contributed by atoms with Gasteiger partial charge in [0, 0.05) is 30.4 Å². The molecule has 1 atom stereocenters. The molecule has 7 nitrogen and oxygen atoms in total. The zero-order valence-corrected chi connectivity index (χ0v) is 22.9. The molecule has 2 aromatic carbocycles. The molecular weight excluding hydrogens is 494 g/mol. The van der Waals surface area contributed by atoms with E-state index in [1.807, 2.05) is 24.3 Å². The fourth-order valence-electron chi connectivity index (χ4n) is 5.56. The number of fused-ring (bicyclic) bond motifs is 1. The number of ether oxygens (including phenoxy) is 2. The first-order valence-electron chi connectivity index (χ1n) is 12.8. The largest absolute Gasteiger partial charge is 0.493 e. The van der Waals surface area contributed by atoms with Crippen molar-refractivity contribution >= 4 is 32.8 Å². The second-order valence-corrected chi connectivity index (χ2v) is 12.8. The number of rotatable bonds is 8. The maximum atomic E-state index is 13.4. The molecule has 2 aliphatic rings. The molecule has 0 spiro atoms. The lowest BCUT2D eigenvalue weighted by Gasteiger charge is -2.30. The van der Waals surface area contributed by atoms with Crippen LogP contribution in [0, 0.1) is 5.92 Å². The second-order valence-electron chi connectivity index (χ2n) is 9.90. The molecule has 3 aromatic rings. The third-order valence-electron chi connectivity index (χ3n) is 7.42. The van der Waals surface area contributed by atoms with Crippen molar-refractivity contribution in [1.82, 2.24) is 13.9 Å². The molecule has 5 rings (SSSR count). The van der Waals surface area contributed by atoms with Gasteiger partial charge < -0.3 is 14.0 Å². The third-order valence-corrected chi connectivity index (χ3v) is 10.3. The van der Waals surface area contributed by atoms with Crippen LogP contribution in [0.25, 0.3) is 11.0 Å². The normalized spacial score (nSPS) is 19.7. The van der Waals surface area contributed by atoms with Crippen molar-refractivity contribution in [2.75, 3.05) is 27.3 Å². The van der Waals surface area contributed by atoms with E-state index in [1.165, 1.54) is 12.8 Å². The van der Waals surface area contributed by atoms with E-state index < -0.39 is 10.0 Å². The van der Waals surface area contributed by atoms with Gasteiger partial charge in [0.15, 0.2) is 16.7 Å². The Balaban J connectivity index is 1.50. The molecule has 9 heteroatoms. The third kappa shape index (κ3) is 4.85. The molecule has 36 heavy (non-hydrogen) atoms. The molecular formula is C27H35N3O4S2. The molecule has 1 saturated heterocycles. The Bertz CT molecular complexity index is 1330. The van der Waals surface area contributed by atoms with Gasteiger partial charge >= 0.3 is 0 Å². The van der Waals surface area contributed by atoms with E-state index in [4.69, 9.17) is 14.5 Å². The Morgan fingerprint density at radius 1 is 1.06 bits per heavy atom.